The average Bonchev–Trinajstić information content (AvgIpc) is 3.58. The van der Waals surface area contributed by atoms with E-state index in [0.717, 1.165) is 51.4 Å². The van der Waals surface area contributed by atoms with Gasteiger partial charge in [0.2, 0.25) is 29.5 Å². The smallest absolute Gasteiger partial charge is 0.243 e. The Balaban J connectivity index is 2.37. The molecule has 5 amide bonds. The molecule has 0 aromatic rings. The number of hydrogen-bond acceptors (Lipinski definition) is 7. The fourth-order valence-electron chi connectivity index (χ4n) is 6.67. The molecule has 2 rings (SSSR count). The van der Waals surface area contributed by atoms with Gasteiger partial charge in [-0.05, 0) is 63.2 Å². The number of amides is 5. The van der Waals surface area contributed by atoms with Gasteiger partial charge in [-0.15, -0.1) is 0 Å². The molecular weight excluding hydrogens is 652 g/mol. The van der Waals surface area contributed by atoms with E-state index in [9.17, 15) is 28.8 Å². The highest BCUT2D eigenvalue weighted by Gasteiger charge is 2.38. The summed E-state index contributed by atoms with van der Waals surface area (Å²) in [6.45, 7) is 8.05. The first-order valence-corrected chi connectivity index (χ1v) is 19.0. The van der Waals surface area contributed by atoms with Crippen molar-refractivity contribution in [3.8, 4) is 0 Å². The maximum absolute atomic E-state index is 14.0. The summed E-state index contributed by atoms with van der Waals surface area (Å²) in [5.41, 5.74) is 16.5. The maximum Gasteiger partial charge on any atom is 0.243 e. The Hall–Kier alpha value is -3.97. The van der Waals surface area contributed by atoms with Gasteiger partial charge in [-0.1, -0.05) is 72.0 Å². The van der Waals surface area contributed by atoms with Crippen molar-refractivity contribution in [2.45, 2.75) is 148 Å². The number of allylic oxidation sites excluding steroid dienone is 2. The van der Waals surface area contributed by atoms with Crippen LogP contribution >= 0.6 is 0 Å². The van der Waals surface area contributed by atoms with Crippen molar-refractivity contribution >= 4 is 41.3 Å². The Morgan fingerprint density at radius 1 is 0.961 bits per heavy atom. The lowest BCUT2D eigenvalue weighted by Crippen LogP contribution is -2.55. The topological polar surface area (TPSA) is 232 Å². The summed E-state index contributed by atoms with van der Waals surface area (Å²) >= 11 is 0. The zero-order valence-electron chi connectivity index (χ0n) is 31.3. The normalized spacial score (nSPS) is 24.0. The number of ketones is 1. The first-order valence-electron chi connectivity index (χ1n) is 19.0. The van der Waals surface area contributed by atoms with Gasteiger partial charge in [-0.25, -0.2) is 0 Å². The number of aliphatic imine (C=N–C) groups is 1. The van der Waals surface area contributed by atoms with Gasteiger partial charge < -0.3 is 38.1 Å². The van der Waals surface area contributed by atoms with E-state index >= 15 is 0 Å². The molecule has 9 N–H and O–H groups in total. The second-order valence-corrected chi connectivity index (χ2v) is 14.5. The lowest BCUT2D eigenvalue weighted by Gasteiger charge is -2.29. The molecule has 0 spiro atoms. The summed E-state index contributed by atoms with van der Waals surface area (Å²) in [7, 11) is 0. The number of rotatable bonds is 12. The molecule has 0 aliphatic carbocycles. The van der Waals surface area contributed by atoms with Gasteiger partial charge in [-0.3, -0.25) is 33.8 Å². The molecule has 14 heteroatoms. The van der Waals surface area contributed by atoms with Crippen LogP contribution in [0.25, 0.3) is 0 Å². The van der Waals surface area contributed by atoms with Crippen LogP contribution in [-0.4, -0.2) is 83.4 Å². The maximum atomic E-state index is 14.0. The highest BCUT2D eigenvalue weighted by Crippen LogP contribution is 2.23. The monoisotopic (exact) mass is 716 g/mol. The molecule has 0 bridgehead atoms. The predicted molar refractivity (Wildman–Crippen MR) is 198 cm³/mol. The molecule has 14 nitrogen and oxygen atoms in total. The number of nitrogens with two attached hydrogens (primary N) is 3. The van der Waals surface area contributed by atoms with Crippen LogP contribution in [-0.2, 0) is 28.8 Å². The van der Waals surface area contributed by atoms with Gasteiger partial charge in [0.15, 0.2) is 11.7 Å². The number of hydrogen-bond donors (Lipinski definition) is 6. The van der Waals surface area contributed by atoms with E-state index < -0.39 is 47.8 Å². The number of nitrogens with zero attached hydrogens (tertiary/aromatic N) is 2. The van der Waals surface area contributed by atoms with Crippen molar-refractivity contribution in [2.24, 2.45) is 39.9 Å². The molecule has 2 aliphatic rings. The van der Waals surface area contributed by atoms with E-state index in [1.807, 2.05) is 26.0 Å². The number of fused-ring (bicyclic) bond motifs is 1. The molecule has 0 aromatic heterocycles. The minimum absolute atomic E-state index is 0.0252. The molecule has 6 atom stereocenters. The van der Waals surface area contributed by atoms with E-state index in [1.165, 1.54) is 0 Å². The Bertz CT molecular complexity index is 1230. The van der Waals surface area contributed by atoms with Crippen LogP contribution in [0.3, 0.4) is 0 Å². The minimum Gasteiger partial charge on any atom is -0.370 e. The van der Waals surface area contributed by atoms with E-state index in [0.29, 0.717) is 32.2 Å². The Labute approximate surface area is 303 Å². The molecule has 51 heavy (non-hydrogen) atoms. The zero-order chi connectivity index (χ0) is 37.9. The first kappa shape index (κ1) is 43.2. The Morgan fingerprint density at radius 3 is 2.29 bits per heavy atom. The van der Waals surface area contributed by atoms with Crippen LogP contribution in [0.5, 0.6) is 0 Å². The minimum atomic E-state index is -1.05. The standard InChI is InChI=1S/C37H64N8O6/c1-5-25(4)32-29(46)23-26(34(49)42-27(18-15-21-41-37(39)40)35(50)43-31(24(2)3)33(38)48)17-13-11-9-7-6-8-10-12-14-20-30(47)45-22-16-19-28(45)36(51)44-32/h11,13,24-28,31-32H,5-10,12,14-23H2,1-4H3,(H2,38,48)(H,42,49)(H,43,50)(H,44,51)(H4,39,40,41)/b13-11+/t25-,26-,27+,28+,31+,32+/m1/s1. The Morgan fingerprint density at radius 2 is 1.65 bits per heavy atom. The van der Waals surface area contributed by atoms with Gasteiger partial charge in [-0.2, -0.15) is 0 Å². The molecule has 0 saturated carbocycles. The van der Waals surface area contributed by atoms with Gasteiger partial charge in [0.05, 0.1) is 6.04 Å². The van der Waals surface area contributed by atoms with Crippen LogP contribution in [0.4, 0.5) is 0 Å². The lowest BCUT2D eigenvalue weighted by molar-refractivity contribution is -0.140. The first-order chi connectivity index (χ1) is 24.3. The number of Topliss-reactive ketones (excluding diaryl/α,β-unsaturated/α-hetero) is 1. The van der Waals surface area contributed by atoms with Crippen LogP contribution in [0, 0.1) is 17.8 Å². The van der Waals surface area contributed by atoms with Gasteiger partial charge in [0, 0.05) is 31.8 Å². The highest BCUT2D eigenvalue weighted by molar-refractivity contribution is 5.96. The number of carbonyl (C=O) groups is 6. The van der Waals surface area contributed by atoms with Crippen LogP contribution in [0.15, 0.2) is 17.1 Å². The van der Waals surface area contributed by atoms with Crippen LogP contribution in [0.2, 0.25) is 0 Å². The summed E-state index contributed by atoms with van der Waals surface area (Å²) in [5.74, 6) is -3.89. The number of carbonyl (C=O) groups excluding carboxylic acids is 6. The van der Waals surface area contributed by atoms with Crippen molar-refractivity contribution in [1.82, 2.24) is 20.9 Å². The van der Waals surface area contributed by atoms with Crippen molar-refractivity contribution in [3.63, 3.8) is 0 Å². The van der Waals surface area contributed by atoms with Crippen LogP contribution < -0.4 is 33.2 Å². The van der Waals surface area contributed by atoms with Crippen molar-refractivity contribution < 1.29 is 28.8 Å². The van der Waals surface area contributed by atoms with Crippen molar-refractivity contribution in [2.75, 3.05) is 13.1 Å². The molecule has 2 heterocycles. The molecular formula is C37H64N8O6. The van der Waals surface area contributed by atoms with Gasteiger partial charge in [0.1, 0.15) is 18.1 Å². The number of primary amides is 1. The summed E-state index contributed by atoms with van der Waals surface area (Å²) in [6.07, 6.45) is 13.5. The fraction of sp³-hybridized carbons (Fsp3) is 0.757. The van der Waals surface area contributed by atoms with Crippen LogP contribution in [0.1, 0.15) is 124 Å². The molecule has 0 unspecified atom stereocenters. The molecule has 288 valence electrons. The Kier molecular flexibility index (Phi) is 19.3. The summed E-state index contributed by atoms with van der Waals surface area (Å²) < 4.78 is 0. The van der Waals surface area contributed by atoms with Crippen molar-refractivity contribution in [1.29, 1.82) is 0 Å². The lowest BCUT2D eigenvalue weighted by atomic mass is 9.87. The second-order valence-electron chi connectivity index (χ2n) is 14.5. The van der Waals surface area contributed by atoms with E-state index in [2.05, 4.69) is 20.9 Å². The van der Waals surface area contributed by atoms with E-state index in [-0.39, 0.29) is 61.2 Å². The van der Waals surface area contributed by atoms with E-state index in [4.69, 9.17) is 17.2 Å². The zero-order valence-corrected chi connectivity index (χ0v) is 31.3. The summed E-state index contributed by atoms with van der Waals surface area (Å²) in [5, 5.41) is 8.46. The second kappa shape index (κ2) is 22.8. The largest absolute Gasteiger partial charge is 0.370 e. The van der Waals surface area contributed by atoms with Crippen molar-refractivity contribution in [3.05, 3.63) is 12.2 Å². The predicted octanol–water partition coefficient (Wildman–Crippen LogP) is 2.33. The third-order valence-corrected chi connectivity index (χ3v) is 10.00. The third-order valence-electron chi connectivity index (χ3n) is 10.00. The quantitative estimate of drug-likeness (QED) is 0.0758. The molecule has 1 saturated heterocycles. The number of guanidine groups is 1. The average molecular weight is 717 g/mol. The fourth-order valence-corrected chi connectivity index (χ4v) is 6.67. The van der Waals surface area contributed by atoms with Gasteiger partial charge in [0.25, 0.3) is 0 Å². The molecule has 0 aromatic carbocycles. The molecule has 2 aliphatic heterocycles. The highest BCUT2D eigenvalue weighted by atomic mass is 16.2. The summed E-state index contributed by atoms with van der Waals surface area (Å²) in [4.78, 5) is 85.9. The van der Waals surface area contributed by atoms with E-state index in [1.54, 1.807) is 18.7 Å². The molecule has 0 radical (unpaired) electrons. The number of nitrogens with one attached hydrogen (secondary N) is 3. The SMILES string of the molecule is CC[C@@H](C)[C@@H]1NC(=O)[C@@H]2CCCN2C(=O)CCCCCCCC/C=C/C[C@@H](C(=O)N[C@@H](CCCN=C(N)N)C(=O)N[C@H](C(N)=O)C(C)C)CC1=O. The third kappa shape index (κ3) is 15.0. The molecule has 1 fully saturated rings. The summed E-state index contributed by atoms with van der Waals surface area (Å²) in [6, 6.07) is -3.48. The van der Waals surface area contributed by atoms with Gasteiger partial charge >= 0.3 is 0 Å².